The summed E-state index contributed by atoms with van der Waals surface area (Å²) in [5.74, 6) is -0.832. The van der Waals surface area contributed by atoms with Crippen LogP contribution in [0.3, 0.4) is 0 Å². The van der Waals surface area contributed by atoms with Gasteiger partial charge in [-0.1, -0.05) is 25.3 Å². The fourth-order valence-corrected chi connectivity index (χ4v) is 4.72. The van der Waals surface area contributed by atoms with Gasteiger partial charge in [-0.2, -0.15) is 0 Å². The number of benzene rings is 1. The third-order valence-corrected chi connectivity index (χ3v) is 6.64. The molecule has 0 spiro atoms. The lowest BCUT2D eigenvalue weighted by Gasteiger charge is -2.37. The van der Waals surface area contributed by atoms with Gasteiger partial charge in [0.25, 0.3) is 0 Å². The number of carbonyl (C=O) groups excluding carboxylic acids is 2. The first-order valence-corrected chi connectivity index (χ1v) is 12.2. The molecule has 0 unspecified atom stereocenters. The number of aromatic nitrogens is 2. The number of rotatable bonds is 9. The van der Waals surface area contributed by atoms with Gasteiger partial charge in [-0.3, -0.25) is 9.59 Å². The van der Waals surface area contributed by atoms with E-state index in [1.165, 1.54) is 12.1 Å². The molecule has 1 saturated carbocycles. The number of aryl methyl sites for hydroxylation is 1. The standard InChI is InChI=1S/C26H32FN5O4/c1-16-15-31-23-22(16)21(7-10-29-23)36-20-6-5-17(13-18(20)27)14-19(28)24(34)32-26(8-3-2-4-9-26)25(35)30-11-12-33/h5-7,10,13,15,19,33H,2-4,8-9,11-12,14,28H2,1H3,(H,29,31)(H,30,35)(H,32,34)/t19-/m0/s1. The second kappa shape index (κ2) is 11.0. The number of ether oxygens (including phenoxy) is 1. The number of aliphatic hydroxyl groups is 1. The molecule has 2 heterocycles. The number of aliphatic hydroxyl groups excluding tert-OH is 1. The number of H-pyrrole nitrogens is 1. The molecule has 1 aliphatic carbocycles. The van der Waals surface area contributed by atoms with E-state index in [9.17, 15) is 14.0 Å². The van der Waals surface area contributed by atoms with Gasteiger partial charge in [-0.25, -0.2) is 9.37 Å². The summed E-state index contributed by atoms with van der Waals surface area (Å²) in [4.78, 5) is 33.0. The van der Waals surface area contributed by atoms with Crippen LogP contribution in [-0.4, -0.2) is 51.6 Å². The molecule has 6 N–H and O–H groups in total. The van der Waals surface area contributed by atoms with Crippen molar-refractivity contribution in [1.29, 1.82) is 0 Å². The maximum atomic E-state index is 14.9. The van der Waals surface area contributed by atoms with Crippen LogP contribution in [0, 0.1) is 12.7 Å². The summed E-state index contributed by atoms with van der Waals surface area (Å²) in [6.07, 6.45) is 7.10. The maximum Gasteiger partial charge on any atom is 0.245 e. The smallest absolute Gasteiger partial charge is 0.245 e. The number of hydrogen-bond donors (Lipinski definition) is 5. The Morgan fingerprint density at radius 3 is 2.75 bits per heavy atom. The Balaban J connectivity index is 1.43. The molecule has 1 fully saturated rings. The highest BCUT2D eigenvalue weighted by molar-refractivity contribution is 5.93. The minimum atomic E-state index is -1.04. The molecule has 2 amide bonds. The topological polar surface area (TPSA) is 142 Å². The van der Waals surface area contributed by atoms with Gasteiger partial charge in [0.2, 0.25) is 11.8 Å². The Morgan fingerprint density at radius 2 is 2.03 bits per heavy atom. The summed E-state index contributed by atoms with van der Waals surface area (Å²) >= 11 is 0. The van der Waals surface area contributed by atoms with Crippen LogP contribution in [0.2, 0.25) is 0 Å². The zero-order valence-electron chi connectivity index (χ0n) is 20.3. The number of pyridine rings is 1. The molecule has 2 aromatic heterocycles. The number of hydrogen-bond acceptors (Lipinski definition) is 6. The number of nitrogens with one attached hydrogen (secondary N) is 3. The zero-order valence-corrected chi connectivity index (χ0v) is 20.3. The van der Waals surface area contributed by atoms with E-state index in [0.717, 1.165) is 30.2 Å². The number of halogens is 1. The van der Waals surface area contributed by atoms with Gasteiger partial charge < -0.3 is 31.2 Å². The average molecular weight is 498 g/mol. The summed E-state index contributed by atoms with van der Waals surface area (Å²) in [7, 11) is 0. The largest absolute Gasteiger partial charge is 0.453 e. The molecule has 0 radical (unpaired) electrons. The zero-order chi connectivity index (χ0) is 25.7. The summed E-state index contributed by atoms with van der Waals surface area (Å²) in [6, 6.07) is 5.18. The number of amides is 2. The van der Waals surface area contributed by atoms with Crippen molar-refractivity contribution in [3.8, 4) is 11.5 Å². The van der Waals surface area contributed by atoms with Crippen molar-refractivity contribution < 1.29 is 23.8 Å². The van der Waals surface area contributed by atoms with E-state index in [0.29, 0.717) is 29.8 Å². The molecule has 9 nitrogen and oxygen atoms in total. The van der Waals surface area contributed by atoms with Crippen LogP contribution in [0.5, 0.6) is 11.5 Å². The lowest BCUT2D eigenvalue weighted by molar-refractivity contribution is -0.135. The third-order valence-electron chi connectivity index (χ3n) is 6.64. The number of carbonyl (C=O) groups is 2. The summed E-state index contributed by atoms with van der Waals surface area (Å²) in [5.41, 5.74) is 7.23. The van der Waals surface area contributed by atoms with Crippen LogP contribution >= 0.6 is 0 Å². The number of nitrogens with two attached hydrogens (primary N) is 1. The molecule has 3 aromatic rings. The van der Waals surface area contributed by atoms with Crippen LogP contribution in [0.1, 0.15) is 43.2 Å². The number of nitrogens with zero attached hydrogens (tertiary/aromatic N) is 1. The Kier molecular flexibility index (Phi) is 7.85. The SMILES string of the molecule is Cc1c[nH]c2nccc(Oc3ccc(C[C@H](N)C(=O)NC4(C(=O)NCCO)CCCCC4)cc3F)c12. The summed E-state index contributed by atoms with van der Waals surface area (Å²) < 4.78 is 20.7. The minimum absolute atomic E-state index is 0.0478. The molecule has 0 aliphatic heterocycles. The molecule has 1 aromatic carbocycles. The van der Waals surface area contributed by atoms with E-state index in [2.05, 4.69) is 20.6 Å². The lowest BCUT2D eigenvalue weighted by Crippen LogP contribution is -2.62. The second-order valence-electron chi connectivity index (χ2n) is 9.29. The first kappa shape index (κ1) is 25.6. The first-order valence-electron chi connectivity index (χ1n) is 12.2. The van der Waals surface area contributed by atoms with Crippen molar-refractivity contribution in [2.24, 2.45) is 5.73 Å². The molecule has 0 bridgehead atoms. The average Bonchev–Trinajstić information content (AvgIpc) is 3.26. The van der Waals surface area contributed by atoms with Gasteiger partial charge in [0.05, 0.1) is 18.0 Å². The van der Waals surface area contributed by atoms with E-state index in [-0.39, 0.29) is 31.2 Å². The van der Waals surface area contributed by atoms with Crippen LogP contribution in [0.25, 0.3) is 11.0 Å². The summed E-state index contributed by atoms with van der Waals surface area (Å²) in [6.45, 7) is 1.84. The van der Waals surface area contributed by atoms with Crippen LogP contribution < -0.4 is 21.1 Å². The van der Waals surface area contributed by atoms with Gasteiger partial charge in [0.15, 0.2) is 11.6 Å². The normalized spacial score (nSPS) is 15.9. The molecule has 192 valence electrons. The number of fused-ring (bicyclic) bond motifs is 1. The molecular weight excluding hydrogens is 465 g/mol. The molecule has 1 atom stereocenters. The Hall–Kier alpha value is -3.50. The maximum absolute atomic E-state index is 14.9. The lowest BCUT2D eigenvalue weighted by atomic mass is 9.80. The predicted molar refractivity (Wildman–Crippen MR) is 133 cm³/mol. The Labute approximate surface area is 208 Å². The third kappa shape index (κ3) is 5.50. The molecule has 1 aliphatic rings. The van der Waals surface area contributed by atoms with E-state index in [1.807, 2.05) is 13.1 Å². The summed E-state index contributed by atoms with van der Waals surface area (Å²) in [5, 5.41) is 15.3. The van der Waals surface area contributed by atoms with E-state index >= 15 is 0 Å². The van der Waals surface area contributed by atoms with Crippen LogP contribution in [0.4, 0.5) is 4.39 Å². The van der Waals surface area contributed by atoms with E-state index in [1.54, 1.807) is 18.3 Å². The first-order chi connectivity index (χ1) is 17.3. The van der Waals surface area contributed by atoms with Gasteiger partial charge in [0, 0.05) is 18.9 Å². The number of aromatic amines is 1. The van der Waals surface area contributed by atoms with Crippen molar-refractivity contribution in [3.05, 3.63) is 53.6 Å². The van der Waals surface area contributed by atoms with Crippen molar-refractivity contribution in [3.63, 3.8) is 0 Å². The highest BCUT2D eigenvalue weighted by atomic mass is 19.1. The van der Waals surface area contributed by atoms with Gasteiger partial charge >= 0.3 is 0 Å². The van der Waals surface area contributed by atoms with Crippen molar-refractivity contribution >= 4 is 22.8 Å². The minimum Gasteiger partial charge on any atom is -0.453 e. The predicted octanol–water partition coefficient (Wildman–Crippen LogP) is 2.60. The van der Waals surface area contributed by atoms with E-state index in [4.69, 9.17) is 15.6 Å². The van der Waals surface area contributed by atoms with Crippen molar-refractivity contribution in [1.82, 2.24) is 20.6 Å². The second-order valence-corrected chi connectivity index (χ2v) is 9.29. The molecular formula is C26H32FN5O4. The molecule has 36 heavy (non-hydrogen) atoms. The monoisotopic (exact) mass is 497 g/mol. The van der Waals surface area contributed by atoms with Gasteiger partial charge in [0.1, 0.15) is 16.9 Å². The highest BCUT2D eigenvalue weighted by Gasteiger charge is 2.41. The van der Waals surface area contributed by atoms with Crippen molar-refractivity contribution in [2.75, 3.05) is 13.2 Å². The fourth-order valence-electron chi connectivity index (χ4n) is 4.72. The highest BCUT2D eigenvalue weighted by Crippen LogP contribution is 2.33. The van der Waals surface area contributed by atoms with E-state index < -0.39 is 23.3 Å². The molecule has 4 rings (SSSR count). The van der Waals surface area contributed by atoms with Crippen LogP contribution in [0.15, 0.2) is 36.7 Å². The Bertz CT molecular complexity index is 1240. The van der Waals surface area contributed by atoms with Gasteiger partial charge in [-0.15, -0.1) is 0 Å². The van der Waals surface area contributed by atoms with Gasteiger partial charge in [-0.05, 0) is 55.5 Å². The quantitative estimate of drug-likeness (QED) is 0.308. The van der Waals surface area contributed by atoms with Crippen molar-refractivity contribution in [2.45, 2.75) is 57.0 Å². The Morgan fingerprint density at radius 1 is 1.25 bits per heavy atom. The fraction of sp³-hybridized carbons (Fsp3) is 0.423. The molecule has 0 saturated heterocycles. The van der Waals surface area contributed by atoms with Crippen LogP contribution in [-0.2, 0) is 16.0 Å². The molecule has 10 heteroatoms.